The highest BCUT2D eigenvalue weighted by molar-refractivity contribution is 8.01. The minimum absolute atomic E-state index is 0.0912. The minimum Gasteiger partial charge on any atom is -0.495 e. The molecule has 2 fully saturated rings. The Kier molecular flexibility index (Phi) is 3.99. The highest BCUT2D eigenvalue weighted by Crippen LogP contribution is 2.47. The van der Waals surface area contributed by atoms with Crippen LogP contribution in [0.4, 0.5) is 5.69 Å². The lowest BCUT2D eigenvalue weighted by Crippen LogP contribution is -2.66. The van der Waals surface area contributed by atoms with E-state index in [1.165, 1.54) is 16.8 Å². The standard InChI is InChI=1S/C16H18ClN3O3S/c1-22-12-7-13-10(6-9(12)17)19-11-8-16(2-4-23-5-3-16)20(18)15(21)14(11)24-13/h6-7,14H,2-5,8,18H2,1H3. The van der Waals surface area contributed by atoms with Gasteiger partial charge in [0.25, 0.3) is 5.91 Å². The first-order valence-corrected chi connectivity index (χ1v) is 9.08. The number of ether oxygens (including phenoxy) is 2. The molecular formula is C16H18ClN3O3S. The number of fused-ring (bicyclic) bond motifs is 2. The molecule has 1 amide bonds. The summed E-state index contributed by atoms with van der Waals surface area (Å²) >= 11 is 7.68. The second-order valence-corrected chi connectivity index (χ2v) is 7.83. The molecule has 2 saturated heterocycles. The number of piperidine rings is 1. The van der Waals surface area contributed by atoms with Crippen molar-refractivity contribution >= 4 is 40.7 Å². The second-order valence-electron chi connectivity index (χ2n) is 6.28. The Labute approximate surface area is 149 Å². The molecule has 1 unspecified atom stereocenters. The van der Waals surface area contributed by atoms with Gasteiger partial charge in [0.1, 0.15) is 11.0 Å². The summed E-state index contributed by atoms with van der Waals surface area (Å²) in [6.45, 7) is 1.23. The van der Waals surface area contributed by atoms with Crippen molar-refractivity contribution in [3.05, 3.63) is 17.2 Å². The van der Waals surface area contributed by atoms with Gasteiger partial charge >= 0.3 is 0 Å². The van der Waals surface area contributed by atoms with Crippen molar-refractivity contribution in [3.63, 3.8) is 0 Å². The maximum atomic E-state index is 12.9. The number of amides is 1. The molecule has 2 N–H and O–H groups in total. The molecule has 24 heavy (non-hydrogen) atoms. The number of benzene rings is 1. The summed E-state index contributed by atoms with van der Waals surface area (Å²) in [5.41, 5.74) is 1.29. The Morgan fingerprint density at radius 1 is 1.46 bits per heavy atom. The summed E-state index contributed by atoms with van der Waals surface area (Å²) in [6, 6.07) is 3.62. The summed E-state index contributed by atoms with van der Waals surface area (Å²) in [4.78, 5) is 18.5. The molecule has 1 aromatic carbocycles. The van der Waals surface area contributed by atoms with Crippen LogP contribution in [0.15, 0.2) is 22.0 Å². The Morgan fingerprint density at radius 2 is 2.21 bits per heavy atom. The topological polar surface area (TPSA) is 77.2 Å². The zero-order chi connectivity index (χ0) is 16.9. The third kappa shape index (κ3) is 2.42. The predicted molar refractivity (Wildman–Crippen MR) is 93.2 cm³/mol. The molecular weight excluding hydrogens is 350 g/mol. The van der Waals surface area contributed by atoms with E-state index in [0.29, 0.717) is 30.4 Å². The van der Waals surface area contributed by atoms with Crippen LogP contribution in [0, 0.1) is 0 Å². The Morgan fingerprint density at radius 3 is 2.92 bits per heavy atom. The van der Waals surface area contributed by atoms with Gasteiger partial charge < -0.3 is 9.47 Å². The molecule has 3 heterocycles. The molecule has 0 radical (unpaired) electrons. The van der Waals surface area contributed by atoms with E-state index in [9.17, 15) is 4.79 Å². The number of carbonyl (C=O) groups is 1. The van der Waals surface area contributed by atoms with E-state index in [2.05, 4.69) is 0 Å². The SMILES string of the molecule is COc1cc2c(cc1Cl)N=C1CC3(CCOCC3)N(N)C(=O)C1S2. The predicted octanol–water partition coefficient (Wildman–Crippen LogP) is 2.55. The monoisotopic (exact) mass is 367 g/mol. The number of thioether (sulfide) groups is 1. The number of carbonyl (C=O) groups excluding carboxylic acids is 1. The van der Waals surface area contributed by atoms with Gasteiger partial charge in [-0.05, 0) is 25.0 Å². The molecule has 1 atom stereocenters. The van der Waals surface area contributed by atoms with Crippen LogP contribution in [0.5, 0.6) is 5.75 Å². The van der Waals surface area contributed by atoms with Crippen molar-refractivity contribution < 1.29 is 14.3 Å². The summed E-state index contributed by atoms with van der Waals surface area (Å²) in [6.07, 6.45) is 2.16. The quantitative estimate of drug-likeness (QED) is 0.609. The number of nitrogens with two attached hydrogens (primary N) is 1. The largest absolute Gasteiger partial charge is 0.495 e. The minimum atomic E-state index is -0.376. The number of halogens is 1. The second kappa shape index (κ2) is 5.91. The zero-order valence-electron chi connectivity index (χ0n) is 13.3. The van der Waals surface area contributed by atoms with Crippen LogP contribution in [-0.4, -0.2) is 47.7 Å². The summed E-state index contributed by atoms with van der Waals surface area (Å²) in [7, 11) is 1.57. The van der Waals surface area contributed by atoms with Gasteiger partial charge in [0.15, 0.2) is 0 Å². The Bertz CT molecular complexity index is 734. The van der Waals surface area contributed by atoms with Crippen LogP contribution in [-0.2, 0) is 9.53 Å². The summed E-state index contributed by atoms with van der Waals surface area (Å²) in [5, 5.41) is 1.58. The van der Waals surface area contributed by atoms with E-state index >= 15 is 0 Å². The molecule has 3 aliphatic rings. The van der Waals surface area contributed by atoms with Crippen molar-refractivity contribution in [2.75, 3.05) is 20.3 Å². The zero-order valence-corrected chi connectivity index (χ0v) is 14.8. The first-order valence-electron chi connectivity index (χ1n) is 7.82. The normalized spacial score (nSPS) is 25.1. The number of aliphatic imine (C=N–C) groups is 1. The average Bonchev–Trinajstić information content (AvgIpc) is 2.59. The molecule has 8 heteroatoms. The number of methoxy groups -OCH3 is 1. The molecule has 1 spiro atoms. The van der Waals surface area contributed by atoms with Crippen LogP contribution < -0.4 is 10.6 Å². The molecule has 4 rings (SSSR count). The van der Waals surface area contributed by atoms with Gasteiger partial charge in [0.05, 0.1) is 23.4 Å². The molecule has 0 aliphatic carbocycles. The fraction of sp³-hybridized carbons (Fsp3) is 0.500. The van der Waals surface area contributed by atoms with Crippen molar-refractivity contribution in [2.24, 2.45) is 10.8 Å². The smallest absolute Gasteiger partial charge is 0.256 e. The summed E-state index contributed by atoms with van der Waals surface area (Å²) < 4.78 is 10.7. The van der Waals surface area contributed by atoms with Gasteiger partial charge in [0, 0.05) is 30.2 Å². The fourth-order valence-electron chi connectivity index (χ4n) is 3.55. The molecule has 1 aromatic rings. The van der Waals surface area contributed by atoms with Gasteiger partial charge in [-0.15, -0.1) is 11.8 Å². The Balaban J connectivity index is 1.75. The maximum absolute atomic E-state index is 12.9. The van der Waals surface area contributed by atoms with Crippen LogP contribution in [0.1, 0.15) is 19.3 Å². The summed E-state index contributed by atoms with van der Waals surface area (Å²) in [5.74, 6) is 6.70. The van der Waals surface area contributed by atoms with E-state index in [4.69, 9.17) is 31.9 Å². The number of rotatable bonds is 1. The van der Waals surface area contributed by atoms with E-state index < -0.39 is 0 Å². The lowest BCUT2D eigenvalue weighted by Gasteiger charge is -2.49. The van der Waals surface area contributed by atoms with Gasteiger partial charge in [-0.2, -0.15) is 0 Å². The fourth-order valence-corrected chi connectivity index (χ4v) is 4.92. The van der Waals surface area contributed by atoms with Crippen LogP contribution in [0.2, 0.25) is 5.02 Å². The van der Waals surface area contributed by atoms with Crippen molar-refractivity contribution in [2.45, 2.75) is 34.9 Å². The van der Waals surface area contributed by atoms with E-state index in [0.717, 1.165) is 29.1 Å². The third-order valence-electron chi connectivity index (χ3n) is 4.95. The van der Waals surface area contributed by atoms with Gasteiger partial charge in [-0.3, -0.25) is 14.8 Å². The lowest BCUT2D eigenvalue weighted by atomic mass is 9.80. The maximum Gasteiger partial charge on any atom is 0.256 e. The Hall–Kier alpha value is -1.28. The van der Waals surface area contributed by atoms with E-state index in [1.54, 1.807) is 13.2 Å². The van der Waals surface area contributed by atoms with Crippen molar-refractivity contribution in [1.82, 2.24) is 5.01 Å². The van der Waals surface area contributed by atoms with Crippen LogP contribution in [0.3, 0.4) is 0 Å². The van der Waals surface area contributed by atoms with E-state index in [1.807, 2.05) is 6.07 Å². The number of hydrazine groups is 1. The highest BCUT2D eigenvalue weighted by Gasteiger charge is 2.50. The first-order chi connectivity index (χ1) is 11.5. The number of nitrogens with zero attached hydrogens (tertiary/aromatic N) is 2. The first kappa shape index (κ1) is 16.2. The molecule has 6 nitrogen and oxygen atoms in total. The van der Waals surface area contributed by atoms with Gasteiger partial charge in [-0.25, -0.2) is 5.84 Å². The van der Waals surface area contributed by atoms with Gasteiger partial charge in [-0.1, -0.05) is 11.6 Å². The molecule has 3 aliphatic heterocycles. The van der Waals surface area contributed by atoms with E-state index in [-0.39, 0.29) is 16.7 Å². The van der Waals surface area contributed by atoms with Crippen molar-refractivity contribution in [3.8, 4) is 5.75 Å². The number of hydrogen-bond donors (Lipinski definition) is 1. The molecule has 0 saturated carbocycles. The highest BCUT2D eigenvalue weighted by atomic mass is 35.5. The third-order valence-corrected chi connectivity index (χ3v) is 6.54. The van der Waals surface area contributed by atoms with Crippen LogP contribution in [0.25, 0.3) is 0 Å². The van der Waals surface area contributed by atoms with Gasteiger partial charge in [0.2, 0.25) is 0 Å². The van der Waals surface area contributed by atoms with Crippen LogP contribution >= 0.6 is 23.4 Å². The average molecular weight is 368 g/mol. The molecule has 128 valence electrons. The number of hydrogen-bond acceptors (Lipinski definition) is 6. The van der Waals surface area contributed by atoms with Crippen molar-refractivity contribution in [1.29, 1.82) is 0 Å². The molecule has 0 bridgehead atoms. The lowest BCUT2D eigenvalue weighted by molar-refractivity contribution is -0.142. The molecule has 0 aromatic heterocycles.